The van der Waals surface area contributed by atoms with E-state index in [9.17, 15) is 15.0 Å². The quantitative estimate of drug-likeness (QED) is 0.623. The van der Waals surface area contributed by atoms with Crippen LogP contribution in [0.25, 0.3) is 0 Å². The van der Waals surface area contributed by atoms with E-state index in [1.807, 2.05) is 48.5 Å². The van der Waals surface area contributed by atoms with E-state index in [1.54, 1.807) is 4.90 Å². The summed E-state index contributed by atoms with van der Waals surface area (Å²) in [6.07, 6.45) is 0. The van der Waals surface area contributed by atoms with Gasteiger partial charge < -0.3 is 19.8 Å². The van der Waals surface area contributed by atoms with Crippen LogP contribution in [0.1, 0.15) is 27.0 Å². The van der Waals surface area contributed by atoms with Crippen LogP contribution >= 0.6 is 15.9 Å². The third-order valence-corrected chi connectivity index (χ3v) is 5.47. The number of amides is 1. The van der Waals surface area contributed by atoms with Gasteiger partial charge in [0.1, 0.15) is 29.4 Å². The monoisotopic (exact) mass is 439 g/mol. The van der Waals surface area contributed by atoms with Gasteiger partial charge in [-0.2, -0.15) is 0 Å². The fourth-order valence-electron chi connectivity index (χ4n) is 3.33. The van der Waals surface area contributed by atoms with Gasteiger partial charge in [-0.25, -0.2) is 0 Å². The number of carbonyl (C=O) groups excluding carboxylic acids is 1. The molecule has 0 aromatic heterocycles. The zero-order valence-corrected chi connectivity index (χ0v) is 16.5. The van der Waals surface area contributed by atoms with E-state index in [0.717, 1.165) is 27.2 Å². The van der Waals surface area contributed by atoms with Crippen LogP contribution in [0.3, 0.4) is 0 Å². The lowest BCUT2D eigenvalue weighted by Crippen LogP contribution is -2.26. The average Bonchev–Trinajstić information content (AvgIpc) is 3.12. The van der Waals surface area contributed by atoms with Crippen molar-refractivity contribution in [2.45, 2.75) is 19.7 Å². The molecule has 1 heterocycles. The van der Waals surface area contributed by atoms with Gasteiger partial charge in [0.05, 0.1) is 0 Å². The molecule has 3 aromatic rings. The highest BCUT2D eigenvalue weighted by Gasteiger charge is 2.30. The molecule has 1 aliphatic rings. The second kappa shape index (κ2) is 7.56. The van der Waals surface area contributed by atoms with E-state index in [0.29, 0.717) is 13.1 Å². The first-order valence-corrected chi connectivity index (χ1v) is 9.60. The summed E-state index contributed by atoms with van der Waals surface area (Å²) >= 11 is 3.52. The Balaban J connectivity index is 1.62. The Morgan fingerprint density at radius 3 is 2.57 bits per heavy atom. The molecule has 6 heteroatoms. The minimum atomic E-state index is -0.344. The predicted octanol–water partition coefficient (Wildman–Crippen LogP) is 4.60. The molecule has 0 saturated heterocycles. The smallest absolute Gasteiger partial charge is 0.262 e. The first-order valence-electron chi connectivity index (χ1n) is 8.81. The van der Waals surface area contributed by atoms with Gasteiger partial charge in [-0.15, -0.1) is 0 Å². The Labute approximate surface area is 170 Å². The van der Waals surface area contributed by atoms with Crippen molar-refractivity contribution in [3.05, 3.63) is 87.4 Å². The van der Waals surface area contributed by atoms with Crippen molar-refractivity contribution < 1.29 is 19.7 Å². The average molecular weight is 440 g/mol. The van der Waals surface area contributed by atoms with E-state index >= 15 is 0 Å². The van der Waals surface area contributed by atoms with E-state index in [2.05, 4.69) is 15.9 Å². The van der Waals surface area contributed by atoms with E-state index in [4.69, 9.17) is 4.74 Å². The van der Waals surface area contributed by atoms with Gasteiger partial charge in [-0.3, -0.25) is 4.79 Å². The molecule has 1 aliphatic heterocycles. The summed E-state index contributed by atoms with van der Waals surface area (Å²) in [6.45, 7) is 1.11. The van der Waals surface area contributed by atoms with Crippen molar-refractivity contribution in [2.75, 3.05) is 0 Å². The molecule has 0 atom stereocenters. The molecule has 0 fully saturated rings. The molecule has 3 aromatic carbocycles. The van der Waals surface area contributed by atoms with E-state index < -0.39 is 0 Å². The number of rotatable bonds is 4. The number of hydrogen-bond acceptors (Lipinski definition) is 4. The number of phenols is 2. The molecule has 1 amide bonds. The summed E-state index contributed by atoms with van der Waals surface area (Å²) in [5.74, 6) is -0.655. The van der Waals surface area contributed by atoms with Gasteiger partial charge in [-0.05, 0) is 22.8 Å². The molecule has 28 heavy (non-hydrogen) atoms. The lowest BCUT2D eigenvalue weighted by molar-refractivity contribution is 0.0743. The van der Waals surface area contributed by atoms with Crippen LogP contribution in [-0.4, -0.2) is 21.0 Å². The van der Waals surface area contributed by atoms with Gasteiger partial charge in [-0.1, -0.05) is 58.4 Å². The number of hydrogen-bond donors (Lipinski definition) is 2. The van der Waals surface area contributed by atoms with Gasteiger partial charge in [0.15, 0.2) is 0 Å². The van der Waals surface area contributed by atoms with E-state index in [-0.39, 0.29) is 35.3 Å². The fraction of sp³-hybridized carbons (Fsp3) is 0.136. The third-order valence-electron chi connectivity index (χ3n) is 4.73. The SMILES string of the molecule is O=C(c1c(O)cc(O)cc1OCc1ccccc1)N1Cc2cccc(Br)c2C1. The molecule has 0 spiro atoms. The highest BCUT2D eigenvalue weighted by atomic mass is 79.9. The first kappa shape index (κ1) is 18.4. The molecular formula is C22H18BrNO4. The lowest BCUT2D eigenvalue weighted by Gasteiger charge is -2.19. The molecule has 0 saturated carbocycles. The zero-order valence-electron chi connectivity index (χ0n) is 14.9. The highest BCUT2D eigenvalue weighted by Crippen LogP contribution is 2.37. The number of phenolic OH excluding ortho intramolecular Hbond substituents is 2. The standard InChI is InChI=1S/C22H18BrNO4/c23-18-8-4-7-15-11-24(12-17(15)18)22(27)21-19(26)9-16(25)10-20(21)28-13-14-5-2-1-3-6-14/h1-10,25-26H,11-13H2. The van der Waals surface area contributed by atoms with Crippen LogP contribution < -0.4 is 4.74 Å². The largest absolute Gasteiger partial charge is 0.508 e. The van der Waals surface area contributed by atoms with E-state index in [1.165, 1.54) is 6.07 Å². The Hall–Kier alpha value is -2.99. The molecule has 0 unspecified atom stereocenters. The normalized spacial score (nSPS) is 12.7. The molecule has 4 rings (SSSR count). The van der Waals surface area contributed by atoms with Gasteiger partial charge >= 0.3 is 0 Å². The Bertz CT molecular complexity index is 1040. The minimum absolute atomic E-state index is 0.0534. The van der Waals surface area contributed by atoms with Crippen LogP contribution in [0.4, 0.5) is 0 Å². The van der Waals surface area contributed by atoms with Crippen molar-refractivity contribution in [2.24, 2.45) is 0 Å². The number of ether oxygens (including phenoxy) is 1. The Morgan fingerprint density at radius 1 is 1.04 bits per heavy atom. The summed E-state index contributed by atoms with van der Waals surface area (Å²) in [5, 5.41) is 20.2. The molecule has 0 radical (unpaired) electrons. The van der Waals surface area contributed by atoms with Crippen molar-refractivity contribution in [1.82, 2.24) is 4.90 Å². The topological polar surface area (TPSA) is 70.0 Å². The first-order chi connectivity index (χ1) is 13.5. The molecule has 2 N–H and O–H groups in total. The summed E-state index contributed by atoms with van der Waals surface area (Å²) in [6, 6.07) is 17.9. The summed E-state index contributed by atoms with van der Waals surface area (Å²) in [5.41, 5.74) is 3.09. The van der Waals surface area contributed by atoms with Gasteiger partial charge in [0.2, 0.25) is 0 Å². The number of carbonyl (C=O) groups is 1. The zero-order chi connectivity index (χ0) is 19.7. The highest BCUT2D eigenvalue weighted by molar-refractivity contribution is 9.10. The van der Waals surface area contributed by atoms with Gasteiger partial charge in [0, 0.05) is 29.7 Å². The molecular weight excluding hydrogens is 422 g/mol. The Kier molecular flexibility index (Phi) is 4.96. The van der Waals surface area contributed by atoms with Crippen LogP contribution in [0.15, 0.2) is 65.1 Å². The number of fused-ring (bicyclic) bond motifs is 1. The van der Waals surface area contributed by atoms with Crippen molar-refractivity contribution >= 4 is 21.8 Å². The van der Waals surface area contributed by atoms with Crippen LogP contribution in [-0.2, 0) is 19.7 Å². The molecule has 142 valence electrons. The summed E-state index contributed by atoms with van der Waals surface area (Å²) in [4.78, 5) is 14.8. The predicted molar refractivity (Wildman–Crippen MR) is 108 cm³/mol. The Morgan fingerprint density at radius 2 is 1.82 bits per heavy atom. The summed E-state index contributed by atoms with van der Waals surface area (Å²) < 4.78 is 6.74. The maximum atomic E-state index is 13.2. The van der Waals surface area contributed by atoms with Crippen molar-refractivity contribution in [1.29, 1.82) is 0 Å². The summed E-state index contributed by atoms with van der Waals surface area (Å²) in [7, 11) is 0. The number of halogens is 1. The second-order valence-electron chi connectivity index (χ2n) is 6.65. The van der Waals surface area contributed by atoms with Crippen LogP contribution in [0.2, 0.25) is 0 Å². The molecule has 5 nitrogen and oxygen atoms in total. The maximum Gasteiger partial charge on any atom is 0.262 e. The minimum Gasteiger partial charge on any atom is -0.508 e. The van der Waals surface area contributed by atoms with Gasteiger partial charge in [0.25, 0.3) is 5.91 Å². The fourth-order valence-corrected chi connectivity index (χ4v) is 3.87. The number of benzene rings is 3. The maximum absolute atomic E-state index is 13.2. The van der Waals surface area contributed by atoms with Crippen molar-refractivity contribution in [3.63, 3.8) is 0 Å². The third kappa shape index (κ3) is 3.55. The number of aromatic hydroxyl groups is 2. The molecule has 0 bridgehead atoms. The van der Waals surface area contributed by atoms with Crippen LogP contribution in [0, 0.1) is 0 Å². The van der Waals surface area contributed by atoms with Crippen molar-refractivity contribution in [3.8, 4) is 17.2 Å². The molecule has 0 aliphatic carbocycles. The van der Waals surface area contributed by atoms with Crippen LogP contribution in [0.5, 0.6) is 17.2 Å². The lowest BCUT2D eigenvalue weighted by atomic mass is 10.1. The second-order valence-corrected chi connectivity index (χ2v) is 7.51. The number of nitrogens with zero attached hydrogens (tertiary/aromatic N) is 1.